The molecule has 1 aliphatic rings. The molecule has 4 rings (SSSR count). The first-order chi connectivity index (χ1) is 13.3. The van der Waals surface area contributed by atoms with Crippen LogP contribution in [0.3, 0.4) is 0 Å². The van der Waals surface area contributed by atoms with E-state index in [0.717, 1.165) is 43.6 Å². The van der Waals surface area contributed by atoms with Gasteiger partial charge in [-0.25, -0.2) is 0 Å². The van der Waals surface area contributed by atoms with Crippen molar-refractivity contribution in [2.24, 2.45) is 5.92 Å². The maximum Gasteiger partial charge on any atom is 0.255 e. The molecule has 4 heteroatoms. The maximum atomic E-state index is 12.8. The van der Waals surface area contributed by atoms with Crippen molar-refractivity contribution in [1.29, 1.82) is 0 Å². The zero-order valence-electron chi connectivity index (χ0n) is 15.4. The van der Waals surface area contributed by atoms with Crippen molar-refractivity contribution in [3.05, 3.63) is 76.6 Å². The van der Waals surface area contributed by atoms with Gasteiger partial charge >= 0.3 is 0 Å². The highest BCUT2D eigenvalue weighted by molar-refractivity contribution is 7.08. The average Bonchev–Trinajstić information content (AvgIpc) is 3.28. The summed E-state index contributed by atoms with van der Waals surface area (Å²) in [6.45, 7) is 1.70. The highest BCUT2D eigenvalue weighted by Gasteiger charge is 2.23. The summed E-state index contributed by atoms with van der Waals surface area (Å²) < 4.78 is 0. The minimum atomic E-state index is 0.112. The lowest BCUT2D eigenvalue weighted by Gasteiger charge is -2.32. The number of carbonyl (C=O) groups is 1. The molecule has 0 N–H and O–H groups in total. The Morgan fingerprint density at radius 1 is 1.07 bits per heavy atom. The van der Waals surface area contributed by atoms with Gasteiger partial charge in [0.2, 0.25) is 0 Å². The molecule has 3 heterocycles. The Bertz CT molecular complexity index is 851. The summed E-state index contributed by atoms with van der Waals surface area (Å²) in [6, 6.07) is 16.6. The van der Waals surface area contributed by atoms with E-state index in [4.69, 9.17) is 0 Å². The number of carbonyl (C=O) groups excluding carboxylic acids is 1. The third-order valence-electron chi connectivity index (χ3n) is 5.41. The van der Waals surface area contributed by atoms with Gasteiger partial charge in [0.25, 0.3) is 5.91 Å². The van der Waals surface area contributed by atoms with Crippen LogP contribution in [-0.4, -0.2) is 28.9 Å². The molecule has 0 unspecified atom stereocenters. The Labute approximate surface area is 164 Å². The second-order valence-corrected chi connectivity index (χ2v) is 7.98. The molecule has 2 aromatic heterocycles. The van der Waals surface area contributed by atoms with Gasteiger partial charge < -0.3 is 4.90 Å². The largest absolute Gasteiger partial charge is 0.339 e. The number of hydrogen-bond acceptors (Lipinski definition) is 3. The predicted molar refractivity (Wildman–Crippen MR) is 111 cm³/mol. The van der Waals surface area contributed by atoms with Crippen molar-refractivity contribution < 1.29 is 4.79 Å². The average molecular weight is 377 g/mol. The van der Waals surface area contributed by atoms with Gasteiger partial charge in [0.1, 0.15) is 0 Å². The normalized spacial score (nSPS) is 15.0. The molecule has 138 valence electrons. The van der Waals surface area contributed by atoms with E-state index in [1.54, 1.807) is 17.5 Å². The number of rotatable bonds is 5. The van der Waals surface area contributed by atoms with Crippen LogP contribution < -0.4 is 0 Å². The van der Waals surface area contributed by atoms with E-state index in [1.807, 2.05) is 22.4 Å². The molecule has 27 heavy (non-hydrogen) atoms. The summed E-state index contributed by atoms with van der Waals surface area (Å²) in [4.78, 5) is 19.2. The van der Waals surface area contributed by atoms with Gasteiger partial charge in [-0.1, -0.05) is 30.3 Å². The van der Waals surface area contributed by atoms with Crippen LogP contribution in [0, 0.1) is 5.92 Å². The van der Waals surface area contributed by atoms with Crippen LogP contribution in [0.25, 0.3) is 11.3 Å². The SMILES string of the molecule is O=C(c1ccc(-c2ccsc2)nc1)N1CCC(CCc2ccccc2)CC1. The van der Waals surface area contributed by atoms with Crippen LogP contribution >= 0.6 is 11.3 Å². The Kier molecular flexibility index (Phi) is 5.64. The van der Waals surface area contributed by atoms with Gasteiger partial charge in [-0.15, -0.1) is 0 Å². The van der Waals surface area contributed by atoms with Crippen LogP contribution in [0.1, 0.15) is 35.2 Å². The van der Waals surface area contributed by atoms with Crippen LogP contribution in [0.15, 0.2) is 65.5 Å². The Morgan fingerprint density at radius 2 is 1.89 bits per heavy atom. The number of amides is 1. The smallest absolute Gasteiger partial charge is 0.255 e. The molecular weight excluding hydrogens is 352 g/mol. The van der Waals surface area contributed by atoms with Gasteiger partial charge in [0.15, 0.2) is 0 Å². The Morgan fingerprint density at radius 3 is 2.56 bits per heavy atom. The fraction of sp³-hybridized carbons (Fsp3) is 0.304. The summed E-state index contributed by atoms with van der Waals surface area (Å²) in [5, 5.41) is 4.11. The molecule has 0 atom stereocenters. The minimum absolute atomic E-state index is 0.112. The molecule has 0 radical (unpaired) electrons. The molecule has 0 bridgehead atoms. The monoisotopic (exact) mass is 376 g/mol. The number of benzene rings is 1. The van der Waals surface area contributed by atoms with Gasteiger partial charge in [-0.05, 0) is 60.7 Å². The first-order valence-electron chi connectivity index (χ1n) is 9.61. The number of pyridine rings is 1. The molecule has 1 saturated heterocycles. The highest BCUT2D eigenvalue weighted by atomic mass is 32.1. The number of aromatic nitrogens is 1. The molecule has 1 fully saturated rings. The molecule has 0 saturated carbocycles. The molecular formula is C23H24N2OS. The summed E-state index contributed by atoms with van der Waals surface area (Å²) in [7, 11) is 0. The first-order valence-corrected chi connectivity index (χ1v) is 10.6. The number of nitrogens with zero attached hydrogens (tertiary/aromatic N) is 2. The van der Waals surface area contributed by atoms with Crippen molar-refractivity contribution in [3.63, 3.8) is 0 Å². The lowest BCUT2D eigenvalue weighted by Crippen LogP contribution is -2.38. The molecule has 0 spiro atoms. The Hall–Kier alpha value is -2.46. The second-order valence-electron chi connectivity index (χ2n) is 7.20. The van der Waals surface area contributed by atoms with E-state index in [9.17, 15) is 4.79 Å². The summed E-state index contributed by atoms with van der Waals surface area (Å²) in [5.41, 5.74) is 4.13. The van der Waals surface area contributed by atoms with Gasteiger partial charge in [-0.3, -0.25) is 9.78 Å². The number of likely N-dealkylation sites (tertiary alicyclic amines) is 1. The molecule has 3 nitrogen and oxygen atoms in total. The number of aryl methyl sites for hydroxylation is 1. The third-order valence-corrected chi connectivity index (χ3v) is 6.10. The number of piperidine rings is 1. The quantitative estimate of drug-likeness (QED) is 0.606. The topological polar surface area (TPSA) is 33.2 Å². The third kappa shape index (κ3) is 4.45. The maximum absolute atomic E-state index is 12.8. The zero-order valence-corrected chi connectivity index (χ0v) is 16.2. The Balaban J connectivity index is 1.29. The summed E-state index contributed by atoms with van der Waals surface area (Å²) >= 11 is 1.66. The van der Waals surface area contributed by atoms with E-state index in [2.05, 4.69) is 46.8 Å². The first kappa shape index (κ1) is 17.9. The lowest BCUT2D eigenvalue weighted by atomic mass is 9.90. The van der Waals surface area contributed by atoms with Gasteiger partial charge in [0, 0.05) is 30.2 Å². The predicted octanol–water partition coefficient (Wildman–Crippen LogP) is 5.30. The number of hydrogen-bond donors (Lipinski definition) is 0. The van der Waals surface area contributed by atoms with Crippen LogP contribution in [0.2, 0.25) is 0 Å². The second kappa shape index (κ2) is 8.49. The van der Waals surface area contributed by atoms with Crippen LogP contribution in [0.4, 0.5) is 0 Å². The van der Waals surface area contributed by atoms with Crippen LogP contribution in [0.5, 0.6) is 0 Å². The molecule has 1 amide bonds. The van der Waals surface area contributed by atoms with Crippen molar-refractivity contribution in [2.75, 3.05) is 13.1 Å². The fourth-order valence-corrected chi connectivity index (χ4v) is 4.37. The van der Waals surface area contributed by atoms with Crippen molar-refractivity contribution >= 4 is 17.2 Å². The van der Waals surface area contributed by atoms with Crippen molar-refractivity contribution in [3.8, 4) is 11.3 Å². The fourth-order valence-electron chi connectivity index (χ4n) is 3.72. The molecule has 1 aromatic carbocycles. The standard InChI is InChI=1S/C23H24N2OS/c26-23(20-8-9-22(24-16-20)21-12-15-27-17-21)25-13-10-19(11-14-25)7-6-18-4-2-1-3-5-18/h1-5,8-9,12,15-17,19H,6-7,10-11,13-14H2. The van der Waals surface area contributed by atoms with E-state index in [1.165, 1.54) is 12.0 Å². The van der Waals surface area contributed by atoms with Crippen molar-refractivity contribution in [1.82, 2.24) is 9.88 Å². The number of thiophene rings is 1. The highest BCUT2D eigenvalue weighted by Crippen LogP contribution is 2.24. The van der Waals surface area contributed by atoms with Gasteiger partial charge in [0.05, 0.1) is 11.3 Å². The molecule has 1 aliphatic heterocycles. The minimum Gasteiger partial charge on any atom is -0.339 e. The van der Waals surface area contributed by atoms with E-state index >= 15 is 0 Å². The lowest BCUT2D eigenvalue weighted by molar-refractivity contribution is 0.0686. The zero-order chi connectivity index (χ0) is 18.5. The van der Waals surface area contributed by atoms with Crippen LogP contribution in [-0.2, 0) is 6.42 Å². The van der Waals surface area contributed by atoms with Gasteiger partial charge in [-0.2, -0.15) is 11.3 Å². The van der Waals surface area contributed by atoms with E-state index in [0.29, 0.717) is 11.5 Å². The molecule has 3 aromatic rings. The van der Waals surface area contributed by atoms with E-state index in [-0.39, 0.29) is 5.91 Å². The van der Waals surface area contributed by atoms with E-state index < -0.39 is 0 Å². The molecule has 0 aliphatic carbocycles. The summed E-state index contributed by atoms with van der Waals surface area (Å²) in [5.74, 6) is 0.828. The summed E-state index contributed by atoms with van der Waals surface area (Å²) in [6.07, 6.45) is 6.26. The van der Waals surface area contributed by atoms with Crippen molar-refractivity contribution in [2.45, 2.75) is 25.7 Å².